The Morgan fingerprint density at radius 3 is 2.28 bits per heavy atom. The van der Waals surface area contributed by atoms with Crippen molar-refractivity contribution < 1.29 is 44.2 Å². The molecule has 2 N–H and O–H groups in total. The molecule has 3 fully saturated rings. The van der Waals surface area contributed by atoms with E-state index in [2.05, 4.69) is 9.34 Å². The molecule has 15 heteroatoms. The third-order valence-corrected chi connectivity index (χ3v) is 7.44. The van der Waals surface area contributed by atoms with Crippen LogP contribution in [0.2, 0.25) is 0 Å². The van der Waals surface area contributed by atoms with Crippen molar-refractivity contribution in [3.8, 4) is 11.1 Å². The zero-order valence-corrected chi connectivity index (χ0v) is 21.0. The number of carbonyl (C=O) groups excluding carboxylic acids is 1. The van der Waals surface area contributed by atoms with Gasteiger partial charge in [-0.05, 0) is 25.2 Å². The van der Waals surface area contributed by atoms with E-state index in [1.54, 1.807) is 0 Å². The van der Waals surface area contributed by atoms with E-state index in [0.717, 1.165) is 22.0 Å². The van der Waals surface area contributed by atoms with Gasteiger partial charge in [0.05, 0.1) is 36.3 Å². The number of halogens is 7. The van der Waals surface area contributed by atoms with Gasteiger partial charge in [-0.25, -0.2) is 35.5 Å². The summed E-state index contributed by atoms with van der Waals surface area (Å²) in [4.78, 5) is 15.3. The topological polar surface area (TPSA) is 84.8 Å². The fraction of sp³-hybridized carbons (Fsp3) is 0.417. The van der Waals surface area contributed by atoms with Gasteiger partial charge in [-0.3, -0.25) is 10.0 Å². The third-order valence-electron chi connectivity index (χ3n) is 7.25. The number of nitrogens with zero attached hydrogens (tertiary/aromatic N) is 3. The summed E-state index contributed by atoms with van der Waals surface area (Å²) in [5.74, 6) is -12.1. The summed E-state index contributed by atoms with van der Waals surface area (Å²) in [7, 11) is 1.52. The summed E-state index contributed by atoms with van der Waals surface area (Å²) < 4.78 is 111. The van der Waals surface area contributed by atoms with Gasteiger partial charge in [0.2, 0.25) is 0 Å². The Bertz CT molecular complexity index is 1410. The van der Waals surface area contributed by atoms with E-state index in [4.69, 9.17) is 9.66 Å². The Morgan fingerprint density at radius 2 is 1.69 bits per heavy atom. The van der Waals surface area contributed by atoms with Gasteiger partial charge in [0.15, 0.2) is 23.0 Å². The number of amides is 2. The molecule has 3 heterocycles. The van der Waals surface area contributed by atoms with Crippen LogP contribution in [0.3, 0.4) is 0 Å². The first kappa shape index (κ1) is 27.5. The Hall–Kier alpha value is -3.04. The molecule has 1 unspecified atom stereocenters. The second kappa shape index (κ2) is 10.2. The number of urea groups is 1. The van der Waals surface area contributed by atoms with Crippen molar-refractivity contribution in [1.29, 1.82) is 0 Å². The van der Waals surface area contributed by atoms with Crippen molar-refractivity contribution in [3.05, 3.63) is 47.3 Å². The van der Waals surface area contributed by atoms with E-state index in [-0.39, 0.29) is 25.4 Å². The van der Waals surface area contributed by atoms with Crippen molar-refractivity contribution >= 4 is 35.0 Å². The standard InChI is InChI=1S/C23H16F7N3O2.CH5NOS/c24-10-5-12(25)17(13(26)6-10)19-18-15(7-14(27)20(19)28)35-31-21(18)32-4-3-16-23(29,30)11(9-1-2-9)8-33(16)22(32)34;1-3-4-2/h5-7,9,11,16H,1-4,8H2;2H2,1H3/t11?,16-;/m1./s1. The van der Waals surface area contributed by atoms with Gasteiger partial charge in [-0.2, -0.15) is 0 Å². The van der Waals surface area contributed by atoms with Crippen molar-refractivity contribution in [3.63, 3.8) is 0 Å². The Balaban J connectivity index is 0.000000723. The average Bonchev–Trinajstić information content (AvgIpc) is 3.57. The number of nitrogens with two attached hydrogens (primary N) is 1. The summed E-state index contributed by atoms with van der Waals surface area (Å²) in [5.41, 5.74) is -2.47. The predicted octanol–water partition coefficient (Wildman–Crippen LogP) is 6.02. The van der Waals surface area contributed by atoms with Crippen LogP contribution in [0.5, 0.6) is 0 Å². The molecular formula is C24H21F7N4O3S. The molecule has 1 saturated carbocycles. The lowest BCUT2D eigenvalue weighted by molar-refractivity contribution is -0.0690. The normalized spacial score (nSPS) is 22.2. The molecule has 2 aliphatic heterocycles. The molecule has 1 aliphatic carbocycles. The van der Waals surface area contributed by atoms with Crippen LogP contribution in [0.25, 0.3) is 22.1 Å². The molecule has 0 spiro atoms. The molecule has 2 atom stereocenters. The third kappa shape index (κ3) is 4.59. The Morgan fingerprint density at radius 1 is 1.05 bits per heavy atom. The molecule has 0 radical (unpaired) electrons. The maximum Gasteiger partial charge on any atom is 0.326 e. The number of hydrogen-bond donors (Lipinski definition) is 1. The van der Waals surface area contributed by atoms with Gasteiger partial charge < -0.3 is 13.6 Å². The first-order valence-electron chi connectivity index (χ1n) is 11.8. The molecule has 7 nitrogen and oxygen atoms in total. The molecule has 210 valence electrons. The maximum absolute atomic E-state index is 15.0. The molecular weight excluding hydrogens is 557 g/mol. The highest BCUT2D eigenvalue weighted by Crippen LogP contribution is 2.53. The summed E-state index contributed by atoms with van der Waals surface area (Å²) in [6, 6.07) is -0.995. The minimum atomic E-state index is -3.07. The fourth-order valence-corrected chi connectivity index (χ4v) is 5.37. The summed E-state index contributed by atoms with van der Waals surface area (Å²) >= 11 is 0.856. The molecule has 39 heavy (non-hydrogen) atoms. The highest BCUT2D eigenvalue weighted by molar-refractivity contribution is 7.92. The van der Waals surface area contributed by atoms with E-state index in [1.807, 2.05) is 0 Å². The second-order valence-corrected chi connectivity index (χ2v) is 9.97. The molecule has 0 bridgehead atoms. The number of fused-ring (bicyclic) bond motifs is 2. The smallest absolute Gasteiger partial charge is 0.326 e. The van der Waals surface area contributed by atoms with Gasteiger partial charge in [0, 0.05) is 42.8 Å². The number of rotatable bonds is 4. The van der Waals surface area contributed by atoms with Gasteiger partial charge in [0.1, 0.15) is 17.5 Å². The first-order valence-corrected chi connectivity index (χ1v) is 12.6. The van der Waals surface area contributed by atoms with Crippen LogP contribution in [0, 0.1) is 40.9 Å². The van der Waals surface area contributed by atoms with E-state index in [0.29, 0.717) is 31.0 Å². The van der Waals surface area contributed by atoms with Crippen molar-refractivity contribution in [2.75, 3.05) is 25.1 Å². The van der Waals surface area contributed by atoms with Gasteiger partial charge in [-0.1, -0.05) is 5.16 Å². The molecule has 2 amide bonds. The number of carbonyl (C=O) groups is 1. The van der Waals surface area contributed by atoms with E-state index in [1.165, 1.54) is 7.11 Å². The molecule has 3 aromatic rings. The van der Waals surface area contributed by atoms with Crippen LogP contribution in [-0.4, -0.2) is 48.3 Å². The van der Waals surface area contributed by atoms with Gasteiger partial charge in [0.25, 0.3) is 5.92 Å². The summed E-state index contributed by atoms with van der Waals surface area (Å²) in [5, 5.41) is 7.98. The lowest BCUT2D eigenvalue weighted by Crippen LogP contribution is -2.55. The lowest BCUT2D eigenvalue weighted by atomic mass is 9.93. The van der Waals surface area contributed by atoms with Crippen molar-refractivity contribution in [1.82, 2.24) is 10.1 Å². The highest BCUT2D eigenvalue weighted by Gasteiger charge is 2.63. The lowest BCUT2D eigenvalue weighted by Gasteiger charge is -2.37. The number of anilines is 1. The molecule has 2 aromatic carbocycles. The summed E-state index contributed by atoms with van der Waals surface area (Å²) in [6.45, 7) is -0.439. The zero-order chi connectivity index (χ0) is 28.2. The molecule has 3 aliphatic rings. The minimum Gasteiger partial charge on any atom is -0.354 e. The number of hydrogen-bond acceptors (Lipinski definition) is 6. The number of alkyl halides is 2. The van der Waals surface area contributed by atoms with Crippen molar-refractivity contribution in [2.24, 2.45) is 17.0 Å². The maximum atomic E-state index is 15.0. The van der Waals surface area contributed by atoms with E-state index >= 15 is 0 Å². The SMILES string of the molecule is COSN.O=C1N(c2noc3cc(F)c(F)c(-c4c(F)cc(F)cc4F)c23)CC[C@H]2N1CC(C1CC1)C2(F)F. The van der Waals surface area contributed by atoms with Gasteiger partial charge in [-0.15, -0.1) is 0 Å². The minimum absolute atomic E-state index is 0.144. The zero-order valence-electron chi connectivity index (χ0n) is 20.2. The number of aromatic nitrogens is 1. The van der Waals surface area contributed by atoms with Crippen LogP contribution >= 0.6 is 12.2 Å². The summed E-state index contributed by atoms with van der Waals surface area (Å²) in [6.07, 6.45) is 1.18. The van der Waals surface area contributed by atoms with Crippen LogP contribution < -0.4 is 10.0 Å². The van der Waals surface area contributed by atoms with Gasteiger partial charge >= 0.3 is 6.03 Å². The van der Waals surface area contributed by atoms with Crippen LogP contribution in [0.4, 0.5) is 41.3 Å². The molecule has 6 rings (SSSR count). The van der Waals surface area contributed by atoms with E-state index < -0.39 is 80.9 Å². The Kier molecular flexibility index (Phi) is 7.18. The van der Waals surface area contributed by atoms with Crippen LogP contribution in [-0.2, 0) is 4.18 Å². The Labute approximate surface area is 221 Å². The second-order valence-electron chi connectivity index (χ2n) is 9.44. The first-order chi connectivity index (χ1) is 18.5. The number of benzene rings is 2. The average molecular weight is 579 g/mol. The monoisotopic (exact) mass is 578 g/mol. The largest absolute Gasteiger partial charge is 0.354 e. The van der Waals surface area contributed by atoms with Crippen LogP contribution in [0.1, 0.15) is 19.3 Å². The van der Waals surface area contributed by atoms with Crippen molar-refractivity contribution in [2.45, 2.75) is 31.2 Å². The van der Waals surface area contributed by atoms with Crippen LogP contribution in [0.15, 0.2) is 22.7 Å². The quantitative estimate of drug-likeness (QED) is 0.232. The fourth-order valence-electron chi connectivity index (χ4n) is 5.37. The molecule has 1 aromatic heterocycles. The molecule has 2 saturated heterocycles. The van der Waals surface area contributed by atoms with E-state index in [9.17, 15) is 35.5 Å². The highest BCUT2D eigenvalue weighted by atomic mass is 32.2. The predicted molar refractivity (Wildman–Crippen MR) is 127 cm³/mol.